The fraction of sp³-hybridized carbons (Fsp3) is 0.571. The lowest BCUT2D eigenvalue weighted by Gasteiger charge is -2.28. The molecule has 0 bridgehead atoms. The van der Waals surface area contributed by atoms with Gasteiger partial charge in [-0.25, -0.2) is 0 Å². The first-order chi connectivity index (χ1) is 8.76. The van der Waals surface area contributed by atoms with Gasteiger partial charge in [-0.2, -0.15) is 0 Å². The van der Waals surface area contributed by atoms with Crippen molar-refractivity contribution in [2.24, 2.45) is 0 Å². The van der Waals surface area contributed by atoms with Crippen LogP contribution in [-0.2, 0) is 10.1 Å². The summed E-state index contributed by atoms with van der Waals surface area (Å²) in [5, 5.41) is 1.67. The van der Waals surface area contributed by atoms with Crippen molar-refractivity contribution in [1.82, 2.24) is 0 Å². The number of anilines is 1. The summed E-state index contributed by atoms with van der Waals surface area (Å²) in [4.78, 5) is 2.38. The lowest BCUT2D eigenvalue weighted by atomic mass is 10.1. The minimum Gasteiger partial charge on any atom is -0.376 e. The van der Waals surface area contributed by atoms with Gasteiger partial charge in [0.2, 0.25) is 0 Å². The Labute approximate surface area is 122 Å². The Morgan fingerprint density at radius 2 is 2.33 bits per heavy atom. The summed E-state index contributed by atoms with van der Waals surface area (Å²) in [5.41, 5.74) is 2.42. The highest BCUT2D eigenvalue weighted by Crippen LogP contribution is 2.32. The Morgan fingerprint density at radius 1 is 1.50 bits per heavy atom. The molecule has 2 nitrogen and oxygen atoms in total. The molecule has 1 saturated heterocycles. The molecular weight excluding hydrogens is 314 g/mol. The van der Waals surface area contributed by atoms with Crippen molar-refractivity contribution in [2.45, 2.75) is 31.2 Å². The van der Waals surface area contributed by atoms with Crippen molar-refractivity contribution >= 4 is 33.2 Å². The highest BCUT2D eigenvalue weighted by atomic mass is 79.9. The molecule has 0 amide bonds. The Bertz CT molecular complexity index is 399. The molecule has 2 rings (SSSR count). The second-order valence-corrected chi connectivity index (χ2v) is 5.55. The molecule has 1 atom stereocenters. The molecular formula is C14H19BrClNO. The Hall–Kier alpha value is -0.250. The van der Waals surface area contributed by atoms with Gasteiger partial charge in [0.05, 0.1) is 16.8 Å². The molecule has 0 N–H and O–H groups in total. The van der Waals surface area contributed by atoms with Crippen LogP contribution in [0, 0.1) is 0 Å². The minimum absolute atomic E-state index is 0.312. The van der Waals surface area contributed by atoms with Crippen molar-refractivity contribution in [3.63, 3.8) is 0 Å². The largest absolute Gasteiger partial charge is 0.376 e. The summed E-state index contributed by atoms with van der Waals surface area (Å²) in [7, 11) is 0. The smallest absolute Gasteiger partial charge is 0.0747 e. The van der Waals surface area contributed by atoms with Gasteiger partial charge in [-0.1, -0.05) is 46.6 Å². The fourth-order valence-corrected chi connectivity index (χ4v) is 3.13. The molecule has 1 aromatic rings. The molecule has 1 heterocycles. The molecule has 1 unspecified atom stereocenters. The van der Waals surface area contributed by atoms with E-state index in [0.29, 0.717) is 6.10 Å². The second kappa shape index (κ2) is 6.78. The zero-order valence-electron chi connectivity index (χ0n) is 10.7. The molecule has 0 spiro atoms. The number of benzene rings is 1. The van der Waals surface area contributed by atoms with E-state index in [0.717, 1.165) is 42.9 Å². The zero-order chi connectivity index (χ0) is 13.0. The van der Waals surface area contributed by atoms with Crippen LogP contribution in [0.15, 0.2) is 18.2 Å². The number of hydrogen-bond donors (Lipinski definition) is 0. The van der Waals surface area contributed by atoms with Crippen LogP contribution in [0.5, 0.6) is 0 Å². The van der Waals surface area contributed by atoms with E-state index in [1.807, 2.05) is 12.1 Å². The first kappa shape index (κ1) is 14.2. The normalized spacial score (nSPS) is 20.8. The summed E-state index contributed by atoms with van der Waals surface area (Å²) >= 11 is 9.93. The molecule has 1 aliphatic rings. The monoisotopic (exact) mass is 331 g/mol. The van der Waals surface area contributed by atoms with Gasteiger partial charge in [-0.15, -0.1) is 0 Å². The minimum atomic E-state index is 0.312. The molecule has 18 heavy (non-hydrogen) atoms. The molecule has 0 aromatic heterocycles. The standard InChI is InChI=1S/C14H19BrClNO/c1-2-12-10-17(7-4-8-18-12)14-11(9-15)5-3-6-13(14)16/h3,5-6,12H,2,4,7-10H2,1H3. The number of halogens is 2. The van der Waals surface area contributed by atoms with E-state index >= 15 is 0 Å². The van der Waals surface area contributed by atoms with Crippen molar-refractivity contribution in [1.29, 1.82) is 0 Å². The van der Waals surface area contributed by atoms with Crippen LogP contribution in [-0.4, -0.2) is 25.8 Å². The van der Waals surface area contributed by atoms with Gasteiger partial charge < -0.3 is 9.64 Å². The molecule has 0 saturated carbocycles. The lowest BCUT2D eigenvalue weighted by Crippen LogP contribution is -2.32. The number of ether oxygens (including phenoxy) is 1. The van der Waals surface area contributed by atoms with E-state index in [-0.39, 0.29) is 0 Å². The van der Waals surface area contributed by atoms with Crippen molar-refractivity contribution < 1.29 is 4.74 Å². The summed E-state index contributed by atoms with van der Waals surface area (Å²) in [6.07, 6.45) is 2.42. The fourth-order valence-electron chi connectivity index (χ4n) is 2.37. The van der Waals surface area contributed by atoms with Gasteiger partial charge >= 0.3 is 0 Å². The Balaban J connectivity index is 2.28. The summed E-state index contributed by atoms with van der Waals surface area (Å²) in [6.45, 7) is 4.97. The highest BCUT2D eigenvalue weighted by molar-refractivity contribution is 9.08. The van der Waals surface area contributed by atoms with Gasteiger partial charge in [0.25, 0.3) is 0 Å². The van der Waals surface area contributed by atoms with Crippen molar-refractivity contribution in [3.05, 3.63) is 28.8 Å². The number of hydrogen-bond acceptors (Lipinski definition) is 2. The number of rotatable bonds is 3. The predicted octanol–water partition coefficient (Wildman–Crippen LogP) is 4.24. The van der Waals surface area contributed by atoms with E-state index in [1.54, 1.807) is 0 Å². The maximum absolute atomic E-state index is 6.38. The molecule has 0 radical (unpaired) electrons. The average molecular weight is 333 g/mol. The third kappa shape index (κ3) is 3.19. The summed E-state index contributed by atoms with van der Waals surface area (Å²) < 4.78 is 5.82. The lowest BCUT2D eigenvalue weighted by molar-refractivity contribution is 0.0664. The Kier molecular flexibility index (Phi) is 5.34. The van der Waals surface area contributed by atoms with Crippen LogP contribution >= 0.6 is 27.5 Å². The van der Waals surface area contributed by atoms with Crippen LogP contribution in [0.1, 0.15) is 25.3 Å². The SMILES string of the molecule is CCC1CN(c2c(Cl)cccc2CBr)CCCO1. The van der Waals surface area contributed by atoms with E-state index < -0.39 is 0 Å². The van der Waals surface area contributed by atoms with Gasteiger partial charge in [-0.3, -0.25) is 0 Å². The topological polar surface area (TPSA) is 12.5 Å². The van der Waals surface area contributed by atoms with Crippen LogP contribution in [0.25, 0.3) is 0 Å². The predicted molar refractivity (Wildman–Crippen MR) is 80.9 cm³/mol. The maximum atomic E-state index is 6.38. The summed E-state index contributed by atoms with van der Waals surface area (Å²) in [6, 6.07) is 6.10. The number of nitrogens with zero attached hydrogens (tertiary/aromatic N) is 1. The number of para-hydroxylation sites is 1. The molecule has 1 aromatic carbocycles. The van der Waals surface area contributed by atoms with Crippen LogP contribution in [0.4, 0.5) is 5.69 Å². The van der Waals surface area contributed by atoms with Crippen molar-refractivity contribution in [3.8, 4) is 0 Å². The van der Waals surface area contributed by atoms with Crippen LogP contribution < -0.4 is 4.90 Å². The van der Waals surface area contributed by atoms with E-state index in [2.05, 4.69) is 33.8 Å². The van der Waals surface area contributed by atoms with Gasteiger partial charge in [-0.05, 0) is 24.5 Å². The van der Waals surface area contributed by atoms with Crippen molar-refractivity contribution in [2.75, 3.05) is 24.6 Å². The molecule has 100 valence electrons. The van der Waals surface area contributed by atoms with Gasteiger partial charge in [0, 0.05) is 25.0 Å². The second-order valence-electron chi connectivity index (χ2n) is 4.58. The first-order valence-electron chi connectivity index (χ1n) is 6.46. The quantitative estimate of drug-likeness (QED) is 0.768. The third-order valence-corrected chi connectivity index (χ3v) is 4.24. The average Bonchev–Trinajstić information content (AvgIpc) is 2.63. The molecule has 1 fully saturated rings. The first-order valence-corrected chi connectivity index (χ1v) is 7.96. The summed E-state index contributed by atoms with van der Waals surface area (Å²) in [5.74, 6) is 0. The van der Waals surface area contributed by atoms with Gasteiger partial charge in [0.1, 0.15) is 0 Å². The van der Waals surface area contributed by atoms with E-state index in [9.17, 15) is 0 Å². The van der Waals surface area contributed by atoms with E-state index in [4.69, 9.17) is 16.3 Å². The third-order valence-electron chi connectivity index (χ3n) is 3.34. The maximum Gasteiger partial charge on any atom is 0.0747 e. The Morgan fingerprint density at radius 3 is 3.06 bits per heavy atom. The molecule has 4 heteroatoms. The molecule has 1 aliphatic heterocycles. The zero-order valence-corrected chi connectivity index (χ0v) is 13.0. The molecule has 0 aliphatic carbocycles. The van der Waals surface area contributed by atoms with Crippen LogP contribution in [0.3, 0.4) is 0 Å². The number of alkyl halides is 1. The highest BCUT2D eigenvalue weighted by Gasteiger charge is 2.21. The van der Waals surface area contributed by atoms with Crippen LogP contribution in [0.2, 0.25) is 5.02 Å². The van der Waals surface area contributed by atoms with Gasteiger partial charge in [0.15, 0.2) is 0 Å². The van der Waals surface area contributed by atoms with E-state index in [1.165, 1.54) is 11.3 Å².